The zero-order valence-corrected chi connectivity index (χ0v) is 12.0. The molecular formula is C16H21N3O2. The summed E-state index contributed by atoms with van der Waals surface area (Å²) in [5.41, 5.74) is 0.582. The SMILES string of the molecule is O=C(N[C@@H]1C=C[C@H](CO)C1)c1ccc(N2CCCC2)nc1. The summed E-state index contributed by atoms with van der Waals surface area (Å²) < 4.78 is 0. The molecule has 21 heavy (non-hydrogen) atoms. The highest BCUT2D eigenvalue weighted by molar-refractivity contribution is 5.94. The highest BCUT2D eigenvalue weighted by Gasteiger charge is 2.20. The maximum Gasteiger partial charge on any atom is 0.253 e. The smallest absolute Gasteiger partial charge is 0.253 e. The molecule has 2 N–H and O–H groups in total. The monoisotopic (exact) mass is 287 g/mol. The van der Waals surface area contributed by atoms with Crippen LogP contribution >= 0.6 is 0 Å². The number of aliphatic hydroxyl groups is 1. The van der Waals surface area contributed by atoms with E-state index in [1.807, 2.05) is 24.3 Å². The Balaban J connectivity index is 1.59. The Hall–Kier alpha value is -1.88. The summed E-state index contributed by atoms with van der Waals surface area (Å²) in [4.78, 5) is 18.8. The zero-order chi connectivity index (χ0) is 14.7. The van der Waals surface area contributed by atoms with E-state index in [-0.39, 0.29) is 24.5 Å². The molecule has 5 nitrogen and oxygen atoms in total. The van der Waals surface area contributed by atoms with Gasteiger partial charge in [0.05, 0.1) is 5.56 Å². The number of nitrogens with zero attached hydrogens (tertiary/aromatic N) is 2. The highest BCUT2D eigenvalue weighted by Crippen LogP contribution is 2.19. The molecule has 3 rings (SSSR count). The first-order valence-electron chi connectivity index (χ1n) is 7.57. The third kappa shape index (κ3) is 3.24. The first kappa shape index (κ1) is 14.1. The van der Waals surface area contributed by atoms with Crippen LogP contribution < -0.4 is 10.2 Å². The number of nitrogens with one attached hydrogen (secondary N) is 1. The number of anilines is 1. The maximum absolute atomic E-state index is 12.2. The van der Waals surface area contributed by atoms with Crippen LogP contribution in [0.5, 0.6) is 0 Å². The molecule has 1 aromatic heterocycles. The van der Waals surface area contributed by atoms with Gasteiger partial charge in [-0.3, -0.25) is 4.79 Å². The minimum absolute atomic E-state index is 0.00732. The van der Waals surface area contributed by atoms with Crippen molar-refractivity contribution in [2.45, 2.75) is 25.3 Å². The molecule has 1 amide bonds. The Morgan fingerprint density at radius 1 is 1.33 bits per heavy atom. The molecule has 1 fully saturated rings. The van der Waals surface area contributed by atoms with Crippen LogP contribution in [0.3, 0.4) is 0 Å². The normalized spacial score (nSPS) is 24.5. The van der Waals surface area contributed by atoms with Crippen molar-refractivity contribution >= 4 is 11.7 Å². The average Bonchev–Trinajstić information content (AvgIpc) is 3.19. The molecule has 0 unspecified atom stereocenters. The van der Waals surface area contributed by atoms with Crippen LogP contribution in [0.15, 0.2) is 30.5 Å². The predicted octanol–water partition coefficient (Wildman–Crippen LogP) is 1.35. The number of hydrogen-bond donors (Lipinski definition) is 2. The van der Waals surface area contributed by atoms with Crippen molar-refractivity contribution in [1.82, 2.24) is 10.3 Å². The Kier molecular flexibility index (Phi) is 4.20. The van der Waals surface area contributed by atoms with E-state index in [1.54, 1.807) is 6.20 Å². The van der Waals surface area contributed by atoms with E-state index in [0.717, 1.165) is 25.3 Å². The van der Waals surface area contributed by atoms with Crippen molar-refractivity contribution in [1.29, 1.82) is 0 Å². The third-order valence-electron chi connectivity index (χ3n) is 4.16. The van der Waals surface area contributed by atoms with Gasteiger partial charge in [0.1, 0.15) is 5.82 Å². The van der Waals surface area contributed by atoms with Gasteiger partial charge >= 0.3 is 0 Å². The third-order valence-corrected chi connectivity index (χ3v) is 4.16. The molecule has 2 heterocycles. The average molecular weight is 287 g/mol. The topological polar surface area (TPSA) is 65.5 Å². The molecule has 2 aliphatic rings. The number of carbonyl (C=O) groups is 1. The van der Waals surface area contributed by atoms with Crippen LogP contribution in [-0.4, -0.2) is 41.7 Å². The predicted molar refractivity (Wildman–Crippen MR) is 81.3 cm³/mol. The molecule has 0 radical (unpaired) electrons. The standard InChI is InChI=1S/C16H21N3O2/c20-11-12-3-5-14(9-12)18-16(21)13-4-6-15(17-10-13)19-7-1-2-8-19/h3-6,10,12,14,20H,1-2,7-9,11H2,(H,18,21)/t12-,14+/m0/s1. The molecule has 1 aromatic rings. The van der Waals surface area contributed by atoms with E-state index < -0.39 is 0 Å². The van der Waals surface area contributed by atoms with Gasteiger partial charge in [-0.15, -0.1) is 0 Å². The van der Waals surface area contributed by atoms with Crippen molar-refractivity contribution in [3.8, 4) is 0 Å². The molecule has 0 saturated carbocycles. The van der Waals surface area contributed by atoms with Crippen molar-refractivity contribution < 1.29 is 9.90 Å². The summed E-state index contributed by atoms with van der Waals surface area (Å²) in [6.07, 6.45) is 8.74. The van der Waals surface area contributed by atoms with Gasteiger partial charge in [-0.1, -0.05) is 12.2 Å². The number of aliphatic hydroxyl groups excluding tert-OH is 1. The largest absolute Gasteiger partial charge is 0.396 e. The lowest BCUT2D eigenvalue weighted by Crippen LogP contribution is -2.33. The molecular weight excluding hydrogens is 266 g/mol. The van der Waals surface area contributed by atoms with Crippen LogP contribution in [0.25, 0.3) is 0 Å². The van der Waals surface area contributed by atoms with Crippen LogP contribution in [0.2, 0.25) is 0 Å². The highest BCUT2D eigenvalue weighted by atomic mass is 16.3. The van der Waals surface area contributed by atoms with E-state index in [1.165, 1.54) is 12.8 Å². The lowest BCUT2D eigenvalue weighted by Gasteiger charge is -2.16. The van der Waals surface area contributed by atoms with E-state index in [2.05, 4.69) is 15.2 Å². The summed E-state index contributed by atoms with van der Waals surface area (Å²) in [6, 6.07) is 3.76. The minimum atomic E-state index is -0.108. The van der Waals surface area contributed by atoms with Gasteiger partial charge in [-0.2, -0.15) is 0 Å². The van der Waals surface area contributed by atoms with Gasteiger partial charge < -0.3 is 15.3 Å². The van der Waals surface area contributed by atoms with Crippen LogP contribution in [0, 0.1) is 5.92 Å². The second kappa shape index (κ2) is 6.26. The van der Waals surface area contributed by atoms with Crippen molar-refractivity contribution in [3.05, 3.63) is 36.0 Å². The van der Waals surface area contributed by atoms with Crippen molar-refractivity contribution in [2.75, 3.05) is 24.6 Å². The fourth-order valence-corrected chi connectivity index (χ4v) is 2.92. The summed E-state index contributed by atoms with van der Waals surface area (Å²) in [5.74, 6) is 1.000. The summed E-state index contributed by atoms with van der Waals surface area (Å²) in [6.45, 7) is 2.23. The Labute approximate surface area is 124 Å². The Morgan fingerprint density at radius 3 is 2.76 bits per heavy atom. The Morgan fingerprint density at radius 2 is 2.14 bits per heavy atom. The molecule has 1 aliphatic heterocycles. The van der Waals surface area contributed by atoms with Crippen molar-refractivity contribution in [2.24, 2.45) is 5.92 Å². The number of amides is 1. The lowest BCUT2D eigenvalue weighted by atomic mass is 10.1. The molecule has 0 spiro atoms. The van der Waals surface area contributed by atoms with Gasteiger partial charge in [-0.25, -0.2) is 4.98 Å². The molecule has 1 aliphatic carbocycles. The van der Waals surface area contributed by atoms with Gasteiger partial charge in [0, 0.05) is 37.9 Å². The quantitative estimate of drug-likeness (QED) is 0.820. The van der Waals surface area contributed by atoms with Gasteiger partial charge in [0.15, 0.2) is 0 Å². The molecule has 2 atom stereocenters. The fourth-order valence-electron chi connectivity index (χ4n) is 2.92. The first-order chi connectivity index (χ1) is 10.3. The van der Waals surface area contributed by atoms with E-state index >= 15 is 0 Å². The number of rotatable bonds is 4. The molecule has 1 saturated heterocycles. The van der Waals surface area contributed by atoms with Crippen LogP contribution in [-0.2, 0) is 0 Å². The Bertz CT molecular complexity index is 521. The fraction of sp³-hybridized carbons (Fsp3) is 0.500. The van der Waals surface area contributed by atoms with E-state index in [9.17, 15) is 4.79 Å². The second-order valence-electron chi connectivity index (χ2n) is 5.74. The summed E-state index contributed by atoms with van der Waals surface area (Å²) in [5, 5.41) is 12.0. The number of pyridine rings is 1. The minimum Gasteiger partial charge on any atom is -0.396 e. The molecule has 112 valence electrons. The second-order valence-corrected chi connectivity index (χ2v) is 5.74. The summed E-state index contributed by atoms with van der Waals surface area (Å²) >= 11 is 0. The van der Waals surface area contributed by atoms with E-state index in [4.69, 9.17) is 5.11 Å². The van der Waals surface area contributed by atoms with Crippen LogP contribution in [0.1, 0.15) is 29.6 Å². The van der Waals surface area contributed by atoms with Crippen LogP contribution in [0.4, 0.5) is 5.82 Å². The van der Waals surface area contributed by atoms with Crippen molar-refractivity contribution in [3.63, 3.8) is 0 Å². The maximum atomic E-state index is 12.2. The number of hydrogen-bond acceptors (Lipinski definition) is 4. The lowest BCUT2D eigenvalue weighted by molar-refractivity contribution is 0.0940. The first-order valence-corrected chi connectivity index (χ1v) is 7.57. The molecule has 0 aromatic carbocycles. The van der Waals surface area contributed by atoms with Gasteiger partial charge in [-0.05, 0) is 31.4 Å². The summed E-state index contributed by atoms with van der Waals surface area (Å²) in [7, 11) is 0. The van der Waals surface area contributed by atoms with E-state index in [0.29, 0.717) is 5.56 Å². The van der Waals surface area contributed by atoms with Gasteiger partial charge in [0.25, 0.3) is 5.91 Å². The number of aromatic nitrogens is 1. The molecule has 5 heteroatoms. The zero-order valence-electron chi connectivity index (χ0n) is 12.0. The molecule has 0 bridgehead atoms. The number of carbonyl (C=O) groups excluding carboxylic acids is 1. The van der Waals surface area contributed by atoms with Gasteiger partial charge in [0.2, 0.25) is 0 Å².